The second kappa shape index (κ2) is 20.2. The molecule has 1 aliphatic rings. The fraction of sp³-hybridized carbons (Fsp3) is 0.821. The summed E-state index contributed by atoms with van der Waals surface area (Å²) in [6, 6.07) is 0. The van der Waals surface area contributed by atoms with E-state index in [0.717, 1.165) is 19.3 Å². The van der Waals surface area contributed by atoms with Crippen molar-refractivity contribution in [3.63, 3.8) is 0 Å². The molecule has 0 saturated carbocycles. The van der Waals surface area contributed by atoms with Gasteiger partial charge in [0.05, 0.1) is 19.4 Å². The Labute approximate surface area is 256 Å². The smallest absolute Gasteiger partial charge is 0.463 e. The number of esters is 1. The second-order valence-electron chi connectivity index (χ2n) is 11.1. The molecule has 0 bridgehead atoms. The lowest BCUT2D eigenvalue weighted by atomic mass is 10.0. The minimum atomic E-state index is -4.80. The normalized spacial score (nSPS) is 22.1. The standard InChI is InChI=1S/C28H48FN2O12P/c1-2-3-4-5-6-7-8-9-10-11-12-13-14-15-23(33)40-17-20(32)18-41-44(38,39)42-19-22-24(34)25(35)27(43-22)31-16-21(29)26(36)30-28(31)37/h16,20,22,24-25,27,32,34-35H,2-15,17-19H2,1H3,(H,38,39)(H,30,36,37)/t20-,22-,24-,25-,27-/m1/s1. The number of H-pyrrole nitrogens is 1. The summed E-state index contributed by atoms with van der Waals surface area (Å²) >= 11 is 0. The Morgan fingerprint density at radius 2 is 1.55 bits per heavy atom. The zero-order chi connectivity index (χ0) is 32.5. The van der Waals surface area contributed by atoms with E-state index in [0.29, 0.717) is 17.2 Å². The number of aromatic amines is 1. The number of nitrogens with zero attached hydrogens (tertiary/aromatic N) is 1. The summed E-state index contributed by atoms with van der Waals surface area (Å²) in [6.45, 7) is 0.245. The van der Waals surface area contributed by atoms with Crippen LogP contribution >= 0.6 is 7.82 Å². The predicted molar refractivity (Wildman–Crippen MR) is 156 cm³/mol. The maximum Gasteiger partial charge on any atom is 0.472 e. The van der Waals surface area contributed by atoms with Crippen LogP contribution in [0.15, 0.2) is 15.8 Å². The van der Waals surface area contributed by atoms with Crippen molar-refractivity contribution in [2.45, 2.75) is 127 Å². The highest BCUT2D eigenvalue weighted by molar-refractivity contribution is 7.47. The van der Waals surface area contributed by atoms with Crippen LogP contribution in [-0.2, 0) is 27.9 Å². The number of aromatic nitrogens is 2. The number of aliphatic hydroxyl groups is 3. The van der Waals surface area contributed by atoms with E-state index in [1.807, 2.05) is 0 Å². The van der Waals surface area contributed by atoms with Gasteiger partial charge in [0, 0.05) is 6.42 Å². The van der Waals surface area contributed by atoms with Crippen molar-refractivity contribution in [1.82, 2.24) is 9.55 Å². The van der Waals surface area contributed by atoms with Gasteiger partial charge >= 0.3 is 19.5 Å². The largest absolute Gasteiger partial charge is 0.472 e. The minimum absolute atomic E-state index is 0.196. The fourth-order valence-electron chi connectivity index (χ4n) is 4.73. The van der Waals surface area contributed by atoms with Crippen LogP contribution in [0.5, 0.6) is 0 Å². The molecule has 14 nitrogen and oxygen atoms in total. The van der Waals surface area contributed by atoms with Gasteiger partial charge < -0.3 is 29.7 Å². The molecule has 1 unspecified atom stereocenters. The van der Waals surface area contributed by atoms with Crippen molar-refractivity contribution in [3.8, 4) is 0 Å². The van der Waals surface area contributed by atoms with Gasteiger partial charge in [0.2, 0.25) is 5.82 Å². The van der Waals surface area contributed by atoms with Crippen molar-refractivity contribution >= 4 is 13.8 Å². The summed E-state index contributed by atoms with van der Waals surface area (Å²) in [5.41, 5.74) is -2.41. The average Bonchev–Trinajstić information content (AvgIpc) is 3.27. The Hall–Kier alpha value is -1.97. The molecular weight excluding hydrogens is 606 g/mol. The monoisotopic (exact) mass is 654 g/mol. The first-order valence-electron chi connectivity index (χ1n) is 15.4. The fourth-order valence-corrected chi connectivity index (χ4v) is 5.50. The molecule has 16 heteroatoms. The first kappa shape index (κ1) is 38.2. The maximum atomic E-state index is 13.6. The van der Waals surface area contributed by atoms with Crippen LogP contribution in [0.1, 0.15) is 103 Å². The van der Waals surface area contributed by atoms with Crippen LogP contribution in [0.25, 0.3) is 0 Å². The van der Waals surface area contributed by atoms with E-state index >= 15 is 0 Å². The second-order valence-corrected chi connectivity index (χ2v) is 12.5. The number of unbranched alkanes of at least 4 members (excludes halogenated alkanes) is 12. The number of carbonyl (C=O) groups excluding carboxylic acids is 1. The van der Waals surface area contributed by atoms with Crippen molar-refractivity contribution in [1.29, 1.82) is 0 Å². The highest BCUT2D eigenvalue weighted by Gasteiger charge is 2.45. The molecule has 44 heavy (non-hydrogen) atoms. The van der Waals surface area contributed by atoms with Crippen LogP contribution in [0, 0.1) is 5.82 Å². The van der Waals surface area contributed by atoms with Crippen molar-refractivity contribution in [2.24, 2.45) is 0 Å². The summed E-state index contributed by atoms with van der Waals surface area (Å²) in [5, 5.41) is 30.3. The van der Waals surface area contributed by atoms with Crippen LogP contribution < -0.4 is 11.2 Å². The number of rotatable bonds is 23. The van der Waals surface area contributed by atoms with Gasteiger partial charge in [0.1, 0.15) is 31.0 Å². The Morgan fingerprint density at radius 1 is 0.977 bits per heavy atom. The van der Waals surface area contributed by atoms with E-state index in [2.05, 4.69) is 6.92 Å². The quantitative estimate of drug-likeness (QED) is 0.0656. The maximum absolute atomic E-state index is 13.6. The van der Waals surface area contributed by atoms with E-state index in [4.69, 9.17) is 18.5 Å². The zero-order valence-electron chi connectivity index (χ0n) is 25.3. The lowest BCUT2D eigenvalue weighted by Crippen LogP contribution is -2.38. The lowest BCUT2D eigenvalue weighted by Gasteiger charge is -2.19. The molecular formula is C28H48FN2O12P. The number of phosphoric ester groups is 1. The van der Waals surface area contributed by atoms with Gasteiger partial charge in [0.25, 0.3) is 5.56 Å². The number of carbonyl (C=O) groups is 1. The molecule has 0 spiro atoms. The van der Waals surface area contributed by atoms with E-state index in [1.165, 1.54) is 57.8 Å². The SMILES string of the molecule is CCCCCCCCCCCCCCCC(=O)OC[C@@H](O)COP(=O)(O)OC[C@H]1O[C@@H](n2cc(F)c(=O)[nH]c2=O)[C@H](O)[C@@H]1O. The molecule has 0 radical (unpaired) electrons. The van der Waals surface area contributed by atoms with Gasteiger partial charge in [0.15, 0.2) is 6.23 Å². The summed E-state index contributed by atoms with van der Waals surface area (Å²) < 4.78 is 46.0. The molecule has 1 aromatic heterocycles. The molecule has 1 aromatic rings. The van der Waals surface area contributed by atoms with Gasteiger partial charge in [-0.15, -0.1) is 0 Å². The zero-order valence-corrected chi connectivity index (χ0v) is 26.2. The van der Waals surface area contributed by atoms with E-state index in [-0.39, 0.29) is 6.42 Å². The number of aliphatic hydroxyl groups excluding tert-OH is 3. The summed E-state index contributed by atoms with van der Waals surface area (Å²) in [4.78, 5) is 46.6. The van der Waals surface area contributed by atoms with Gasteiger partial charge in [-0.05, 0) is 6.42 Å². The molecule has 0 amide bonds. The van der Waals surface area contributed by atoms with Gasteiger partial charge in [-0.3, -0.25) is 28.2 Å². The molecule has 254 valence electrons. The third-order valence-electron chi connectivity index (χ3n) is 7.29. The summed E-state index contributed by atoms with van der Waals surface area (Å²) in [7, 11) is -4.80. The molecule has 1 fully saturated rings. The predicted octanol–water partition coefficient (Wildman–Crippen LogP) is 2.81. The van der Waals surface area contributed by atoms with E-state index < -0.39 is 81.3 Å². The summed E-state index contributed by atoms with van der Waals surface area (Å²) in [5.74, 6) is -1.84. The Balaban J connectivity index is 1.56. The lowest BCUT2D eigenvalue weighted by molar-refractivity contribution is -0.147. The molecule has 2 rings (SSSR count). The van der Waals surface area contributed by atoms with Gasteiger partial charge in [-0.2, -0.15) is 4.39 Å². The van der Waals surface area contributed by atoms with E-state index in [9.17, 15) is 43.6 Å². The van der Waals surface area contributed by atoms with Crippen molar-refractivity contribution < 1.29 is 52.5 Å². The van der Waals surface area contributed by atoms with Crippen LogP contribution in [0.3, 0.4) is 0 Å². The third-order valence-corrected chi connectivity index (χ3v) is 8.24. The number of ether oxygens (including phenoxy) is 2. The Bertz CT molecular complexity index is 1150. The number of phosphoric acid groups is 1. The number of halogens is 1. The molecule has 1 aliphatic heterocycles. The molecule has 2 heterocycles. The number of hydrogen-bond acceptors (Lipinski definition) is 11. The van der Waals surface area contributed by atoms with E-state index in [1.54, 1.807) is 4.98 Å². The summed E-state index contributed by atoms with van der Waals surface area (Å²) in [6.07, 6.45) is 8.02. The van der Waals surface area contributed by atoms with Crippen LogP contribution in [0.4, 0.5) is 4.39 Å². The molecule has 1 saturated heterocycles. The number of nitrogens with one attached hydrogen (secondary N) is 1. The molecule has 0 aromatic carbocycles. The highest BCUT2D eigenvalue weighted by atomic mass is 31.2. The van der Waals surface area contributed by atoms with Gasteiger partial charge in [-0.25, -0.2) is 9.36 Å². The Kier molecular flexibility index (Phi) is 17.6. The minimum Gasteiger partial charge on any atom is -0.463 e. The van der Waals surface area contributed by atoms with Crippen LogP contribution in [-0.4, -0.2) is 80.0 Å². The molecule has 0 aliphatic carbocycles. The molecule has 5 N–H and O–H groups in total. The van der Waals surface area contributed by atoms with Gasteiger partial charge in [-0.1, -0.05) is 84.0 Å². The molecule has 6 atom stereocenters. The number of hydrogen-bond donors (Lipinski definition) is 5. The average molecular weight is 655 g/mol. The highest BCUT2D eigenvalue weighted by Crippen LogP contribution is 2.44. The van der Waals surface area contributed by atoms with Crippen LogP contribution in [0.2, 0.25) is 0 Å². The first-order valence-corrected chi connectivity index (χ1v) is 16.9. The third kappa shape index (κ3) is 14.0. The van der Waals surface area contributed by atoms with Crippen molar-refractivity contribution in [3.05, 3.63) is 32.9 Å². The Morgan fingerprint density at radius 3 is 2.14 bits per heavy atom. The first-order chi connectivity index (χ1) is 20.9. The van der Waals surface area contributed by atoms with Crippen molar-refractivity contribution in [2.75, 3.05) is 19.8 Å². The topological polar surface area (TPSA) is 207 Å².